The summed E-state index contributed by atoms with van der Waals surface area (Å²) in [5.41, 5.74) is 10.4. The number of rotatable bonds is 3. The van der Waals surface area contributed by atoms with Crippen molar-refractivity contribution in [1.82, 2.24) is 0 Å². The Morgan fingerprint density at radius 3 is 2.56 bits per heavy atom. The van der Waals surface area contributed by atoms with Gasteiger partial charge >= 0.3 is 0 Å². The zero-order chi connectivity index (χ0) is 11.5. The molecule has 1 heteroatoms. The molecule has 1 aromatic carbocycles. The standard InChI is InChI=1S/C15H23N/c1-11-7-8-14(12(2)9-11)15(16)10-13-5-3-4-6-13/h7-9,13,15H,3-6,10,16H2,1-2H3. The van der Waals surface area contributed by atoms with E-state index in [4.69, 9.17) is 5.73 Å². The Hall–Kier alpha value is -0.820. The van der Waals surface area contributed by atoms with Crippen molar-refractivity contribution in [2.45, 2.75) is 52.0 Å². The molecule has 0 amide bonds. The lowest BCUT2D eigenvalue weighted by molar-refractivity contribution is 0.450. The Morgan fingerprint density at radius 1 is 1.25 bits per heavy atom. The van der Waals surface area contributed by atoms with Crippen LogP contribution in [0.2, 0.25) is 0 Å². The van der Waals surface area contributed by atoms with Gasteiger partial charge in [0, 0.05) is 6.04 Å². The predicted octanol–water partition coefficient (Wildman–Crippen LogP) is 3.88. The van der Waals surface area contributed by atoms with Gasteiger partial charge in [0.1, 0.15) is 0 Å². The fourth-order valence-corrected chi connectivity index (χ4v) is 2.97. The van der Waals surface area contributed by atoms with Crippen LogP contribution >= 0.6 is 0 Å². The van der Waals surface area contributed by atoms with E-state index in [0.717, 1.165) is 5.92 Å². The molecule has 1 atom stereocenters. The maximum Gasteiger partial charge on any atom is 0.0300 e. The zero-order valence-corrected chi connectivity index (χ0v) is 10.5. The molecule has 0 bridgehead atoms. The molecule has 1 aliphatic carbocycles. The zero-order valence-electron chi connectivity index (χ0n) is 10.5. The van der Waals surface area contributed by atoms with Gasteiger partial charge in [-0.3, -0.25) is 0 Å². The molecule has 1 unspecified atom stereocenters. The summed E-state index contributed by atoms with van der Waals surface area (Å²) in [4.78, 5) is 0. The average molecular weight is 217 g/mol. The largest absolute Gasteiger partial charge is 0.324 e. The SMILES string of the molecule is Cc1ccc(C(N)CC2CCCC2)c(C)c1. The fourth-order valence-electron chi connectivity index (χ4n) is 2.97. The molecule has 1 saturated carbocycles. The van der Waals surface area contributed by atoms with E-state index < -0.39 is 0 Å². The summed E-state index contributed by atoms with van der Waals surface area (Å²) in [6, 6.07) is 6.87. The second-order valence-electron chi connectivity index (χ2n) is 5.35. The Bertz CT molecular complexity index is 350. The molecule has 1 aromatic rings. The van der Waals surface area contributed by atoms with Crippen molar-refractivity contribution in [2.75, 3.05) is 0 Å². The summed E-state index contributed by atoms with van der Waals surface area (Å²) in [5.74, 6) is 0.871. The van der Waals surface area contributed by atoms with Gasteiger partial charge in [0.25, 0.3) is 0 Å². The first-order valence-electron chi connectivity index (χ1n) is 6.49. The first-order chi connectivity index (χ1) is 7.66. The maximum absolute atomic E-state index is 6.33. The highest BCUT2D eigenvalue weighted by Gasteiger charge is 2.19. The van der Waals surface area contributed by atoms with Crippen LogP contribution in [0, 0.1) is 19.8 Å². The van der Waals surface area contributed by atoms with Crippen molar-refractivity contribution in [3.05, 3.63) is 34.9 Å². The highest BCUT2D eigenvalue weighted by molar-refractivity contribution is 5.32. The van der Waals surface area contributed by atoms with Gasteiger partial charge in [-0.05, 0) is 37.3 Å². The molecule has 2 N–H and O–H groups in total. The summed E-state index contributed by atoms with van der Waals surface area (Å²) in [6.07, 6.45) is 6.76. The third kappa shape index (κ3) is 2.65. The van der Waals surface area contributed by atoms with Gasteiger partial charge in [0.05, 0.1) is 0 Å². The summed E-state index contributed by atoms with van der Waals surface area (Å²) >= 11 is 0. The number of nitrogens with two attached hydrogens (primary N) is 1. The minimum absolute atomic E-state index is 0.240. The van der Waals surface area contributed by atoms with Crippen molar-refractivity contribution in [2.24, 2.45) is 11.7 Å². The molecular formula is C15H23N. The van der Waals surface area contributed by atoms with Crippen LogP contribution in [-0.2, 0) is 0 Å². The van der Waals surface area contributed by atoms with Crippen molar-refractivity contribution in [3.8, 4) is 0 Å². The van der Waals surface area contributed by atoms with Gasteiger partial charge in [-0.1, -0.05) is 49.4 Å². The number of benzene rings is 1. The summed E-state index contributed by atoms with van der Waals surface area (Å²) in [6.45, 7) is 4.32. The van der Waals surface area contributed by atoms with Crippen LogP contribution in [0.4, 0.5) is 0 Å². The van der Waals surface area contributed by atoms with Gasteiger partial charge in [-0.2, -0.15) is 0 Å². The van der Waals surface area contributed by atoms with Crippen LogP contribution in [0.1, 0.15) is 54.8 Å². The molecule has 0 aliphatic heterocycles. The third-order valence-corrected chi connectivity index (χ3v) is 3.89. The van der Waals surface area contributed by atoms with Crippen LogP contribution < -0.4 is 5.73 Å². The van der Waals surface area contributed by atoms with Crippen molar-refractivity contribution in [1.29, 1.82) is 0 Å². The van der Waals surface area contributed by atoms with E-state index in [2.05, 4.69) is 32.0 Å². The van der Waals surface area contributed by atoms with Gasteiger partial charge in [-0.15, -0.1) is 0 Å². The Labute approximate surface area is 99.0 Å². The third-order valence-electron chi connectivity index (χ3n) is 3.89. The summed E-state index contributed by atoms with van der Waals surface area (Å²) in [7, 11) is 0. The van der Waals surface area contributed by atoms with Crippen LogP contribution in [0.3, 0.4) is 0 Å². The molecule has 0 radical (unpaired) electrons. The smallest absolute Gasteiger partial charge is 0.0300 e. The normalized spacial score (nSPS) is 18.9. The molecule has 2 rings (SSSR count). The fraction of sp³-hybridized carbons (Fsp3) is 0.600. The molecule has 1 nitrogen and oxygen atoms in total. The monoisotopic (exact) mass is 217 g/mol. The highest BCUT2D eigenvalue weighted by atomic mass is 14.6. The summed E-state index contributed by atoms with van der Waals surface area (Å²) in [5, 5.41) is 0. The second-order valence-corrected chi connectivity index (χ2v) is 5.35. The molecule has 16 heavy (non-hydrogen) atoms. The van der Waals surface area contributed by atoms with E-state index >= 15 is 0 Å². The quantitative estimate of drug-likeness (QED) is 0.817. The molecule has 0 heterocycles. The van der Waals surface area contributed by atoms with E-state index in [-0.39, 0.29) is 6.04 Å². The van der Waals surface area contributed by atoms with Gasteiger partial charge in [-0.25, -0.2) is 0 Å². The lowest BCUT2D eigenvalue weighted by Gasteiger charge is -2.18. The minimum Gasteiger partial charge on any atom is -0.324 e. The van der Waals surface area contributed by atoms with Crippen LogP contribution in [0.25, 0.3) is 0 Å². The topological polar surface area (TPSA) is 26.0 Å². The van der Waals surface area contributed by atoms with E-state index in [0.29, 0.717) is 0 Å². The van der Waals surface area contributed by atoms with Gasteiger partial charge in [0.2, 0.25) is 0 Å². The Kier molecular flexibility index (Phi) is 3.65. The van der Waals surface area contributed by atoms with Crippen molar-refractivity contribution >= 4 is 0 Å². The molecule has 1 aliphatic rings. The van der Waals surface area contributed by atoms with Crippen LogP contribution in [0.5, 0.6) is 0 Å². The van der Waals surface area contributed by atoms with Gasteiger partial charge < -0.3 is 5.73 Å². The molecule has 0 spiro atoms. The van der Waals surface area contributed by atoms with E-state index in [1.165, 1.54) is 48.8 Å². The highest BCUT2D eigenvalue weighted by Crippen LogP contribution is 2.32. The second kappa shape index (κ2) is 5.01. The molecule has 1 fully saturated rings. The van der Waals surface area contributed by atoms with E-state index in [1.807, 2.05) is 0 Å². The number of aryl methyl sites for hydroxylation is 2. The first kappa shape index (κ1) is 11.7. The molecule has 0 saturated heterocycles. The maximum atomic E-state index is 6.33. The van der Waals surface area contributed by atoms with Crippen LogP contribution in [0.15, 0.2) is 18.2 Å². The first-order valence-corrected chi connectivity index (χ1v) is 6.49. The van der Waals surface area contributed by atoms with Gasteiger partial charge in [0.15, 0.2) is 0 Å². The summed E-state index contributed by atoms with van der Waals surface area (Å²) < 4.78 is 0. The van der Waals surface area contributed by atoms with Crippen molar-refractivity contribution < 1.29 is 0 Å². The molecular weight excluding hydrogens is 194 g/mol. The lowest BCUT2D eigenvalue weighted by atomic mass is 9.91. The Balaban J connectivity index is 2.04. The molecule has 0 aromatic heterocycles. The Morgan fingerprint density at radius 2 is 1.94 bits per heavy atom. The van der Waals surface area contributed by atoms with Crippen LogP contribution in [-0.4, -0.2) is 0 Å². The van der Waals surface area contributed by atoms with E-state index in [1.54, 1.807) is 0 Å². The van der Waals surface area contributed by atoms with E-state index in [9.17, 15) is 0 Å². The average Bonchev–Trinajstić information content (AvgIpc) is 2.70. The number of hydrogen-bond acceptors (Lipinski definition) is 1. The van der Waals surface area contributed by atoms with Crippen molar-refractivity contribution in [3.63, 3.8) is 0 Å². The predicted molar refractivity (Wildman–Crippen MR) is 69.4 cm³/mol. The minimum atomic E-state index is 0.240. The lowest BCUT2D eigenvalue weighted by Crippen LogP contribution is -2.15. The number of hydrogen-bond donors (Lipinski definition) is 1. The molecule has 88 valence electrons.